The second kappa shape index (κ2) is 7.14. The first-order valence-electron chi connectivity index (χ1n) is 8.34. The number of nitrogens with zero attached hydrogens (tertiary/aromatic N) is 3. The van der Waals surface area contributed by atoms with Crippen molar-refractivity contribution >= 4 is 23.2 Å². The number of halogens is 1. The smallest absolute Gasteiger partial charge is 0.238 e. The molecule has 2 heterocycles. The molecule has 1 amide bonds. The Morgan fingerprint density at radius 2 is 1.92 bits per heavy atom. The molecule has 0 spiro atoms. The molecule has 2 aromatic carbocycles. The van der Waals surface area contributed by atoms with Crippen molar-refractivity contribution in [3.05, 3.63) is 77.4 Å². The SMILES string of the molecule is O=C1CC[C@H](c2cccc(Oc3cccnn3)c2)N1c1ccc(Cl)cc1. The first-order valence-corrected chi connectivity index (χ1v) is 8.72. The van der Waals surface area contributed by atoms with Crippen molar-refractivity contribution in [2.24, 2.45) is 0 Å². The minimum Gasteiger partial charge on any atom is -0.438 e. The van der Waals surface area contributed by atoms with Crippen LogP contribution in [0.5, 0.6) is 11.6 Å². The van der Waals surface area contributed by atoms with Gasteiger partial charge in [0.2, 0.25) is 11.8 Å². The number of ether oxygens (including phenoxy) is 1. The number of carbonyl (C=O) groups is 1. The summed E-state index contributed by atoms with van der Waals surface area (Å²) >= 11 is 5.97. The molecular weight excluding hydrogens is 350 g/mol. The van der Waals surface area contributed by atoms with Crippen molar-refractivity contribution in [3.8, 4) is 11.6 Å². The van der Waals surface area contributed by atoms with Crippen LogP contribution in [0, 0.1) is 0 Å². The first kappa shape index (κ1) is 16.5. The van der Waals surface area contributed by atoms with E-state index in [1.54, 1.807) is 30.5 Å². The van der Waals surface area contributed by atoms with E-state index in [0.29, 0.717) is 23.1 Å². The Hall–Kier alpha value is -2.92. The molecule has 0 bridgehead atoms. The van der Waals surface area contributed by atoms with E-state index in [-0.39, 0.29) is 11.9 Å². The lowest BCUT2D eigenvalue weighted by atomic mass is 10.0. The highest BCUT2D eigenvalue weighted by Gasteiger charge is 2.33. The van der Waals surface area contributed by atoms with E-state index < -0.39 is 0 Å². The van der Waals surface area contributed by atoms with Gasteiger partial charge in [-0.1, -0.05) is 23.7 Å². The van der Waals surface area contributed by atoms with E-state index in [1.165, 1.54) is 0 Å². The highest BCUT2D eigenvalue weighted by Crippen LogP contribution is 2.38. The minimum atomic E-state index is -0.0333. The monoisotopic (exact) mass is 365 g/mol. The van der Waals surface area contributed by atoms with Crippen LogP contribution in [-0.2, 0) is 4.79 Å². The van der Waals surface area contributed by atoms with Gasteiger partial charge in [0.1, 0.15) is 5.75 Å². The fourth-order valence-electron chi connectivity index (χ4n) is 3.17. The van der Waals surface area contributed by atoms with E-state index in [9.17, 15) is 4.79 Å². The van der Waals surface area contributed by atoms with Crippen molar-refractivity contribution in [1.82, 2.24) is 10.2 Å². The molecule has 1 fully saturated rings. The van der Waals surface area contributed by atoms with Crippen LogP contribution in [0.15, 0.2) is 66.9 Å². The number of anilines is 1. The maximum absolute atomic E-state index is 12.5. The maximum Gasteiger partial charge on any atom is 0.238 e. The maximum atomic E-state index is 12.5. The molecule has 1 aromatic heterocycles. The predicted molar refractivity (Wildman–Crippen MR) is 99.5 cm³/mol. The van der Waals surface area contributed by atoms with Gasteiger partial charge in [0, 0.05) is 29.4 Å². The Morgan fingerprint density at radius 3 is 2.69 bits per heavy atom. The molecule has 4 rings (SSSR count). The third kappa shape index (κ3) is 3.39. The third-order valence-corrected chi connectivity index (χ3v) is 4.58. The van der Waals surface area contributed by atoms with Crippen LogP contribution in [0.2, 0.25) is 5.02 Å². The van der Waals surface area contributed by atoms with Gasteiger partial charge in [0.05, 0.1) is 6.04 Å². The molecule has 1 saturated heterocycles. The Balaban J connectivity index is 1.62. The number of rotatable bonds is 4. The van der Waals surface area contributed by atoms with Crippen LogP contribution < -0.4 is 9.64 Å². The van der Waals surface area contributed by atoms with Gasteiger partial charge < -0.3 is 9.64 Å². The predicted octanol–water partition coefficient (Wildman–Crippen LogP) is 4.79. The van der Waals surface area contributed by atoms with Crippen LogP contribution in [0.4, 0.5) is 5.69 Å². The molecule has 0 aliphatic carbocycles. The number of benzene rings is 2. The molecule has 3 aromatic rings. The molecule has 5 nitrogen and oxygen atoms in total. The molecule has 1 aliphatic heterocycles. The van der Waals surface area contributed by atoms with Crippen molar-refractivity contribution in [1.29, 1.82) is 0 Å². The highest BCUT2D eigenvalue weighted by molar-refractivity contribution is 6.30. The van der Waals surface area contributed by atoms with E-state index in [1.807, 2.05) is 41.3 Å². The number of hydrogen-bond acceptors (Lipinski definition) is 4. The molecule has 1 atom stereocenters. The summed E-state index contributed by atoms with van der Waals surface area (Å²) in [6.45, 7) is 0. The topological polar surface area (TPSA) is 55.3 Å². The zero-order valence-corrected chi connectivity index (χ0v) is 14.6. The standard InChI is InChI=1S/C20H16ClN3O2/c21-15-6-8-16(9-7-15)24-18(10-11-20(24)25)14-3-1-4-17(13-14)26-19-5-2-12-22-23-19/h1-9,12-13,18H,10-11H2/t18-/m1/s1. The lowest BCUT2D eigenvalue weighted by Crippen LogP contribution is -2.27. The van der Waals surface area contributed by atoms with Gasteiger partial charge in [0.15, 0.2) is 0 Å². The molecule has 6 heteroatoms. The van der Waals surface area contributed by atoms with E-state index in [2.05, 4.69) is 10.2 Å². The molecule has 0 N–H and O–H groups in total. The summed E-state index contributed by atoms with van der Waals surface area (Å²) < 4.78 is 5.77. The van der Waals surface area contributed by atoms with Crippen molar-refractivity contribution in [2.75, 3.05) is 4.90 Å². The van der Waals surface area contributed by atoms with Gasteiger partial charge in [-0.2, -0.15) is 5.10 Å². The molecule has 0 radical (unpaired) electrons. The van der Waals surface area contributed by atoms with Crippen LogP contribution in [-0.4, -0.2) is 16.1 Å². The molecule has 26 heavy (non-hydrogen) atoms. The van der Waals surface area contributed by atoms with Gasteiger partial charge in [-0.15, -0.1) is 5.10 Å². The Kier molecular flexibility index (Phi) is 4.54. The van der Waals surface area contributed by atoms with Crippen LogP contribution in [0.25, 0.3) is 0 Å². The van der Waals surface area contributed by atoms with Gasteiger partial charge >= 0.3 is 0 Å². The van der Waals surface area contributed by atoms with Crippen LogP contribution >= 0.6 is 11.6 Å². The number of hydrogen-bond donors (Lipinski definition) is 0. The third-order valence-electron chi connectivity index (χ3n) is 4.33. The Labute approximate surface area is 156 Å². The molecular formula is C20H16ClN3O2. The average Bonchev–Trinajstić information content (AvgIpc) is 3.05. The average molecular weight is 366 g/mol. The van der Waals surface area contributed by atoms with E-state index in [4.69, 9.17) is 16.3 Å². The van der Waals surface area contributed by atoms with Gasteiger partial charge in [-0.3, -0.25) is 4.79 Å². The molecule has 0 saturated carbocycles. The number of amides is 1. The fraction of sp³-hybridized carbons (Fsp3) is 0.150. The second-order valence-electron chi connectivity index (χ2n) is 6.03. The quantitative estimate of drug-likeness (QED) is 0.667. The number of carbonyl (C=O) groups excluding carboxylic acids is 1. The van der Waals surface area contributed by atoms with Crippen molar-refractivity contribution in [3.63, 3.8) is 0 Å². The number of aromatic nitrogens is 2. The Morgan fingerprint density at radius 1 is 1.08 bits per heavy atom. The summed E-state index contributed by atoms with van der Waals surface area (Å²) in [4.78, 5) is 14.3. The summed E-state index contributed by atoms with van der Waals surface area (Å²) in [5.74, 6) is 1.21. The van der Waals surface area contributed by atoms with Gasteiger partial charge in [-0.25, -0.2) is 0 Å². The summed E-state index contributed by atoms with van der Waals surface area (Å²) in [5.41, 5.74) is 1.87. The fourth-order valence-corrected chi connectivity index (χ4v) is 3.30. The van der Waals surface area contributed by atoms with Crippen LogP contribution in [0.1, 0.15) is 24.4 Å². The lowest BCUT2D eigenvalue weighted by molar-refractivity contribution is -0.117. The molecule has 130 valence electrons. The second-order valence-corrected chi connectivity index (χ2v) is 6.47. The summed E-state index contributed by atoms with van der Waals surface area (Å²) in [6.07, 6.45) is 2.87. The molecule has 1 aliphatic rings. The lowest BCUT2D eigenvalue weighted by Gasteiger charge is -2.25. The normalized spacial score (nSPS) is 16.7. The van der Waals surface area contributed by atoms with Crippen molar-refractivity contribution in [2.45, 2.75) is 18.9 Å². The van der Waals surface area contributed by atoms with Crippen molar-refractivity contribution < 1.29 is 9.53 Å². The van der Waals surface area contributed by atoms with Gasteiger partial charge in [0.25, 0.3) is 0 Å². The summed E-state index contributed by atoms with van der Waals surface area (Å²) in [7, 11) is 0. The zero-order valence-electron chi connectivity index (χ0n) is 13.9. The molecule has 0 unspecified atom stereocenters. The van der Waals surface area contributed by atoms with E-state index in [0.717, 1.165) is 17.7 Å². The van der Waals surface area contributed by atoms with E-state index >= 15 is 0 Å². The first-order chi connectivity index (χ1) is 12.7. The largest absolute Gasteiger partial charge is 0.438 e. The summed E-state index contributed by atoms with van der Waals surface area (Å²) in [5, 5.41) is 8.39. The van der Waals surface area contributed by atoms with Crippen LogP contribution in [0.3, 0.4) is 0 Å². The zero-order chi connectivity index (χ0) is 17.9. The van der Waals surface area contributed by atoms with Gasteiger partial charge in [-0.05, 0) is 54.4 Å². The Bertz CT molecular complexity index is 916. The summed E-state index contributed by atoms with van der Waals surface area (Å²) in [6, 6.07) is 18.6. The minimum absolute atomic E-state index is 0.0333. The highest BCUT2D eigenvalue weighted by atomic mass is 35.5.